The van der Waals surface area contributed by atoms with Crippen LogP contribution in [0.3, 0.4) is 0 Å². The van der Waals surface area contributed by atoms with Crippen molar-refractivity contribution in [2.45, 2.75) is 13.1 Å². The summed E-state index contributed by atoms with van der Waals surface area (Å²) in [7, 11) is 0. The van der Waals surface area contributed by atoms with Crippen molar-refractivity contribution in [3.63, 3.8) is 0 Å². The molecule has 76 valence electrons. The predicted octanol–water partition coefficient (Wildman–Crippen LogP) is 3.57. The number of hydrogen-bond donors (Lipinski definition) is 1. The summed E-state index contributed by atoms with van der Waals surface area (Å²) in [5.41, 5.74) is -0.0191. The Kier molecular flexibility index (Phi) is 2.84. The highest BCUT2D eigenvalue weighted by molar-refractivity contribution is 5.50. The molecule has 0 fully saturated rings. The molecule has 1 rings (SSSR count). The Hall–Kier alpha value is -1.45. The van der Waals surface area contributed by atoms with Gasteiger partial charge in [-0.3, -0.25) is 0 Å². The molecule has 0 spiro atoms. The highest BCUT2D eigenvalue weighted by Gasteiger charge is 2.32. The Balaban J connectivity index is 3.15. The first-order valence-electron chi connectivity index (χ1n) is 4.00. The summed E-state index contributed by atoms with van der Waals surface area (Å²) >= 11 is 0. The molecule has 0 aliphatic heterocycles. The first-order valence-corrected chi connectivity index (χ1v) is 4.00. The van der Waals surface area contributed by atoms with Gasteiger partial charge in [0.1, 0.15) is 0 Å². The van der Waals surface area contributed by atoms with E-state index in [1.54, 1.807) is 6.07 Å². The minimum absolute atomic E-state index is 0.215. The van der Waals surface area contributed by atoms with Crippen molar-refractivity contribution in [3.05, 3.63) is 42.1 Å². The van der Waals surface area contributed by atoms with Crippen LogP contribution in [0.1, 0.15) is 11.1 Å². The van der Waals surface area contributed by atoms with E-state index in [-0.39, 0.29) is 5.56 Å². The van der Waals surface area contributed by atoms with E-state index in [4.69, 9.17) is 0 Å². The topological polar surface area (TPSA) is 12.0 Å². The molecule has 0 amide bonds. The molecule has 1 nitrogen and oxygen atoms in total. The van der Waals surface area contributed by atoms with Gasteiger partial charge in [-0.15, -0.1) is 0 Å². The number of alkyl halides is 3. The van der Waals surface area contributed by atoms with Crippen LogP contribution in [0.2, 0.25) is 0 Å². The summed E-state index contributed by atoms with van der Waals surface area (Å²) < 4.78 is 37.2. The largest absolute Gasteiger partial charge is 0.416 e. The molecular weight excluding hydrogens is 191 g/mol. The summed E-state index contributed by atoms with van der Waals surface area (Å²) in [6.07, 6.45) is -2.96. The summed E-state index contributed by atoms with van der Waals surface area (Å²) in [4.78, 5) is 0. The SMILES string of the molecule is C=CNc1ccc(C)c(C(F)(F)F)c1. The van der Waals surface area contributed by atoms with Crippen molar-refractivity contribution < 1.29 is 13.2 Å². The molecule has 0 radical (unpaired) electrons. The summed E-state index contributed by atoms with van der Waals surface area (Å²) in [6.45, 7) is 4.81. The fourth-order valence-corrected chi connectivity index (χ4v) is 1.14. The van der Waals surface area contributed by atoms with Crippen molar-refractivity contribution in [1.29, 1.82) is 0 Å². The van der Waals surface area contributed by atoms with Crippen LogP contribution in [-0.4, -0.2) is 0 Å². The Morgan fingerprint density at radius 1 is 1.36 bits per heavy atom. The molecule has 1 N–H and O–H groups in total. The molecule has 1 aromatic carbocycles. The Morgan fingerprint density at radius 2 is 2.00 bits per heavy atom. The van der Waals surface area contributed by atoms with Crippen molar-refractivity contribution in [3.8, 4) is 0 Å². The summed E-state index contributed by atoms with van der Waals surface area (Å²) in [6, 6.07) is 4.07. The lowest BCUT2D eigenvalue weighted by molar-refractivity contribution is -0.138. The average molecular weight is 201 g/mol. The van der Waals surface area contributed by atoms with Gasteiger partial charge in [0.2, 0.25) is 0 Å². The molecule has 0 saturated heterocycles. The van der Waals surface area contributed by atoms with Crippen LogP contribution in [0, 0.1) is 6.92 Å². The first-order chi connectivity index (χ1) is 6.45. The molecule has 0 heterocycles. The monoisotopic (exact) mass is 201 g/mol. The van der Waals surface area contributed by atoms with Crippen molar-refractivity contribution in [2.75, 3.05) is 5.32 Å². The van der Waals surface area contributed by atoms with Gasteiger partial charge >= 0.3 is 6.18 Å². The van der Waals surface area contributed by atoms with Crippen molar-refractivity contribution >= 4 is 5.69 Å². The zero-order valence-corrected chi connectivity index (χ0v) is 7.65. The molecule has 0 unspecified atom stereocenters. The average Bonchev–Trinajstić information content (AvgIpc) is 2.07. The fourth-order valence-electron chi connectivity index (χ4n) is 1.14. The van der Waals surface area contributed by atoms with Gasteiger partial charge in [-0.1, -0.05) is 12.6 Å². The Bertz CT molecular complexity index is 342. The molecule has 4 heteroatoms. The molecule has 1 aromatic rings. The van der Waals surface area contributed by atoms with E-state index in [0.29, 0.717) is 5.69 Å². The van der Waals surface area contributed by atoms with E-state index >= 15 is 0 Å². The maximum atomic E-state index is 12.4. The van der Waals surface area contributed by atoms with Crippen LogP contribution in [0.4, 0.5) is 18.9 Å². The number of hydrogen-bond acceptors (Lipinski definition) is 1. The normalized spacial score (nSPS) is 11.1. The number of rotatable bonds is 2. The maximum Gasteiger partial charge on any atom is 0.416 e. The number of nitrogens with one attached hydrogen (secondary N) is 1. The van der Waals surface area contributed by atoms with Gasteiger partial charge in [-0.05, 0) is 30.8 Å². The number of benzene rings is 1. The molecule has 14 heavy (non-hydrogen) atoms. The third kappa shape index (κ3) is 2.28. The van der Waals surface area contributed by atoms with Crippen LogP contribution in [0.25, 0.3) is 0 Å². The predicted molar refractivity (Wildman–Crippen MR) is 50.0 cm³/mol. The van der Waals surface area contributed by atoms with Gasteiger partial charge in [0.15, 0.2) is 0 Å². The van der Waals surface area contributed by atoms with Gasteiger partial charge in [-0.2, -0.15) is 13.2 Å². The minimum Gasteiger partial charge on any atom is -0.362 e. The van der Waals surface area contributed by atoms with Gasteiger partial charge in [-0.25, -0.2) is 0 Å². The molecule has 0 aliphatic rings. The third-order valence-corrected chi connectivity index (χ3v) is 1.81. The van der Waals surface area contributed by atoms with E-state index < -0.39 is 11.7 Å². The van der Waals surface area contributed by atoms with Gasteiger partial charge in [0.25, 0.3) is 0 Å². The van der Waals surface area contributed by atoms with E-state index in [2.05, 4.69) is 11.9 Å². The highest BCUT2D eigenvalue weighted by Crippen LogP contribution is 2.33. The van der Waals surface area contributed by atoms with Gasteiger partial charge in [0.05, 0.1) is 5.56 Å². The van der Waals surface area contributed by atoms with Gasteiger partial charge in [0, 0.05) is 5.69 Å². The zero-order valence-electron chi connectivity index (χ0n) is 7.65. The summed E-state index contributed by atoms with van der Waals surface area (Å²) in [5, 5.41) is 2.61. The molecule has 0 atom stereocenters. The smallest absolute Gasteiger partial charge is 0.362 e. The van der Waals surface area contributed by atoms with E-state index in [9.17, 15) is 13.2 Å². The van der Waals surface area contributed by atoms with E-state index in [0.717, 1.165) is 6.07 Å². The molecular formula is C10H10F3N. The van der Waals surface area contributed by atoms with Crippen LogP contribution in [-0.2, 0) is 6.18 Å². The molecule has 0 aromatic heterocycles. The number of halogens is 3. The molecule has 0 aliphatic carbocycles. The van der Waals surface area contributed by atoms with E-state index in [1.165, 1.54) is 19.2 Å². The van der Waals surface area contributed by atoms with Crippen LogP contribution in [0.15, 0.2) is 31.0 Å². The van der Waals surface area contributed by atoms with Crippen molar-refractivity contribution in [1.82, 2.24) is 0 Å². The lowest BCUT2D eigenvalue weighted by Crippen LogP contribution is -2.07. The van der Waals surface area contributed by atoms with Gasteiger partial charge < -0.3 is 5.32 Å². The minimum atomic E-state index is -4.30. The van der Waals surface area contributed by atoms with Crippen LogP contribution in [0.5, 0.6) is 0 Å². The Labute approximate surface area is 80.2 Å². The quantitative estimate of drug-likeness (QED) is 0.771. The fraction of sp³-hybridized carbons (Fsp3) is 0.200. The van der Waals surface area contributed by atoms with Crippen LogP contribution >= 0.6 is 0 Å². The first kappa shape index (κ1) is 10.6. The standard InChI is InChI=1S/C10H10F3N/c1-3-14-8-5-4-7(2)9(6-8)10(11,12)13/h3-6,14H,1H2,2H3. The number of anilines is 1. The van der Waals surface area contributed by atoms with E-state index in [1.807, 2.05) is 0 Å². The lowest BCUT2D eigenvalue weighted by atomic mass is 10.1. The summed E-state index contributed by atoms with van der Waals surface area (Å²) in [5.74, 6) is 0. The Morgan fingerprint density at radius 3 is 2.50 bits per heavy atom. The lowest BCUT2D eigenvalue weighted by Gasteiger charge is -2.11. The second kappa shape index (κ2) is 3.74. The molecule has 0 bridgehead atoms. The number of aryl methyl sites for hydroxylation is 1. The highest BCUT2D eigenvalue weighted by atomic mass is 19.4. The third-order valence-electron chi connectivity index (χ3n) is 1.81. The second-order valence-electron chi connectivity index (χ2n) is 2.88. The second-order valence-corrected chi connectivity index (χ2v) is 2.88. The molecule has 0 saturated carbocycles. The van der Waals surface area contributed by atoms with Crippen molar-refractivity contribution in [2.24, 2.45) is 0 Å². The maximum absolute atomic E-state index is 12.4. The zero-order chi connectivity index (χ0) is 10.8. The van der Waals surface area contributed by atoms with Crippen LogP contribution < -0.4 is 5.32 Å².